The van der Waals surface area contributed by atoms with Crippen molar-refractivity contribution in [2.75, 3.05) is 13.2 Å². The average Bonchev–Trinajstić information content (AvgIpc) is 2.55. The van der Waals surface area contributed by atoms with Crippen LogP contribution < -0.4 is 27.8 Å². The lowest BCUT2D eigenvalue weighted by Gasteiger charge is -2.21. The predicted molar refractivity (Wildman–Crippen MR) is 87.9 cm³/mol. The van der Waals surface area contributed by atoms with Gasteiger partial charge in [-0.1, -0.05) is 6.42 Å². The monoisotopic (exact) mass is 361 g/mol. The molecule has 0 aromatic rings. The van der Waals surface area contributed by atoms with Crippen molar-refractivity contribution in [3.8, 4) is 0 Å². The molecule has 0 aliphatic rings. The lowest BCUT2D eigenvalue weighted by Crippen LogP contribution is -2.55. The summed E-state index contributed by atoms with van der Waals surface area (Å²) in [5, 5.41) is 22.7. The molecular weight excluding hydrogens is 334 g/mol. The van der Waals surface area contributed by atoms with E-state index in [1.54, 1.807) is 0 Å². The number of hydrogen-bond acceptors (Lipinski definition) is 7. The molecule has 0 fully saturated rings. The van der Waals surface area contributed by atoms with Crippen molar-refractivity contribution < 1.29 is 29.4 Å². The molecule has 0 unspecified atom stereocenters. The van der Waals surface area contributed by atoms with E-state index >= 15 is 0 Å². The molecule has 3 atom stereocenters. The van der Waals surface area contributed by atoms with Gasteiger partial charge >= 0.3 is 5.97 Å². The fourth-order valence-corrected chi connectivity index (χ4v) is 1.93. The molecule has 11 nitrogen and oxygen atoms in total. The van der Waals surface area contributed by atoms with Gasteiger partial charge in [-0.25, -0.2) is 4.79 Å². The summed E-state index contributed by atoms with van der Waals surface area (Å²) in [6.45, 7) is -0.271. The number of nitrogens with one attached hydrogen (secondary N) is 2. The summed E-state index contributed by atoms with van der Waals surface area (Å²) in [7, 11) is 0. The smallest absolute Gasteiger partial charge is 0.326 e. The fraction of sp³-hybridized carbons (Fsp3) is 0.714. The number of nitrogens with two attached hydrogens (primary N) is 3. The SMILES string of the molecule is NCCCC[C@H](N)C(=O)N[C@@H](CO)C(=O)N[C@@H](CCC(N)=O)C(=O)O. The molecule has 3 amide bonds. The van der Waals surface area contributed by atoms with Crippen molar-refractivity contribution in [2.24, 2.45) is 17.2 Å². The van der Waals surface area contributed by atoms with Crippen molar-refractivity contribution in [2.45, 2.75) is 50.2 Å². The van der Waals surface area contributed by atoms with Crippen LogP contribution in [0.25, 0.3) is 0 Å². The molecule has 0 aromatic heterocycles. The first-order chi connectivity index (χ1) is 11.7. The van der Waals surface area contributed by atoms with Gasteiger partial charge < -0.3 is 38.0 Å². The molecule has 0 heterocycles. The summed E-state index contributed by atoms with van der Waals surface area (Å²) in [4.78, 5) is 45.8. The second kappa shape index (κ2) is 12.2. The Kier molecular flexibility index (Phi) is 11.1. The Morgan fingerprint density at radius 3 is 2.04 bits per heavy atom. The zero-order valence-corrected chi connectivity index (χ0v) is 13.9. The van der Waals surface area contributed by atoms with Gasteiger partial charge in [-0.3, -0.25) is 14.4 Å². The number of amides is 3. The van der Waals surface area contributed by atoms with Crippen LogP contribution in [-0.2, 0) is 19.2 Å². The minimum absolute atomic E-state index is 0.207. The molecule has 0 saturated carbocycles. The topological polar surface area (TPSA) is 211 Å². The number of hydrogen-bond donors (Lipinski definition) is 7. The maximum Gasteiger partial charge on any atom is 0.326 e. The largest absolute Gasteiger partial charge is 0.480 e. The zero-order chi connectivity index (χ0) is 19.4. The highest BCUT2D eigenvalue weighted by Crippen LogP contribution is 2.01. The molecule has 0 rings (SSSR count). The zero-order valence-electron chi connectivity index (χ0n) is 13.9. The summed E-state index contributed by atoms with van der Waals surface area (Å²) in [5.74, 6) is -3.62. The van der Waals surface area contributed by atoms with Crippen molar-refractivity contribution in [3.63, 3.8) is 0 Å². The molecule has 0 aromatic carbocycles. The van der Waals surface area contributed by atoms with Crippen molar-refractivity contribution in [1.82, 2.24) is 10.6 Å². The second-order valence-electron chi connectivity index (χ2n) is 5.54. The number of primary amides is 1. The van der Waals surface area contributed by atoms with Crippen LogP contribution in [0, 0.1) is 0 Å². The number of carboxylic acids is 1. The minimum atomic E-state index is -1.37. The average molecular weight is 361 g/mol. The van der Waals surface area contributed by atoms with E-state index in [0.29, 0.717) is 25.8 Å². The second-order valence-corrected chi connectivity index (χ2v) is 5.54. The molecule has 0 aliphatic heterocycles. The first-order valence-corrected chi connectivity index (χ1v) is 7.91. The van der Waals surface area contributed by atoms with E-state index in [9.17, 15) is 24.3 Å². The van der Waals surface area contributed by atoms with E-state index in [4.69, 9.17) is 22.3 Å². The minimum Gasteiger partial charge on any atom is -0.480 e. The number of unbranched alkanes of at least 4 members (excludes halogenated alkanes) is 1. The number of aliphatic hydroxyl groups excluding tert-OH is 1. The Morgan fingerprint density at radius 2 is 1.56 bits per heavy atom. The van der Waals surface area contributed by atoms with E-state index in [0.717, 1.165) is 0 Å². The third-order valence-corrected chi connectivity index (χ3v) is 3.42. The number of carbonyl (C=O) groups excluding carboxylic acids is 3. The van der Waals surface area contributed by atoms with Gasteiger partial charge in [-0.05, 0) is 25.8 Å². The summed E-state index contributed by atoms with van der Waals surface area (Å²) in [6.07, 6.45) is 1.25. The molecule has 11 heteroatoms. The molecule has 10 N–H and O–H groups in total. The number of rotatable bonds is 13. The number of carbonyl (C=O) groups is 4. The van der Waals surface area contributed by atoms with Crippen molar-refractivity contribution >= 4 is 23.7 Å². The standard InChI is InChI=1S/C14H27N5O6/c15-6-2-1-3-8(16)12(22)19-10(7-20)13(23)18-9(14(24)25)4-5-11(17)21/h8-10,20H,1-7,15-16H2,(H2,17,21)(H,18,23)(H,19,22)(H,24,25)/t8-,9-,10-/m0/s1. The van der Waals surface area contributed by atoms with Gasteiger partial charge in [0.25, 0.3) is 0 Å². The van der Waals surface area contributed by atoms with Crippen LogP contribution in [0.1, 0.15) is 32.1 Å². The Labute approximate surface area is 145 Å². The van der Waals surface area contributed by atoms with Crippen LogP contribution in [-0.4, -0.2) is 65.2 Å². The van der Waals surface area contributed by atoms with Crippen LogP contribution in [0.15, 0.2) is 0 Å². The van der Waals surface area contributed by atoms with Gasteiger partial charge in [0.15, 0.2) is 0 Å². The van der Waals surface area contributed by atoms with Crippen LogP contribution in [0.4, 0.5) is 0 Å². The molecule has 0 spiro atoms. The van der Waals surface area contributed by atoms with Gasteiger partial charge in [-0.15, -0.1) is 0 Å². The van der Waals surface area contributed by atoms with Gasteiger partial charge in [-0.2, -0.15) is 0 Å². The van der Waals surface area contributed by atoms with Crippen molar-refractivity contribution in [3.05, 3.63) is 0 Å². The van der Waals surface area contributed by atoms with Crippen molar-refractivity contribution in [1.29, 1.82) is 0 Å². The van der Waals surface area contributed by atoms with E-state index in [1.165, 1.54) is 0 Å². The fourth-order valence-electron chi connectivity index (χ4n) is 1.93. The summed E-state index contributed by atoms with van der Waals surface area (Å²) >= 11 is 0. The summed E-state index contributed by atoms with van der Waals surface area (Å²) in [6, 6.07) is -3.61. The van der Waals surface area contributed by atoms with Crippen LogP contribution in [0.2, 0.25) is 0 Å². The molecule has 25 heavy (non-hydrogen) atoms. The lowest BCUT2D eigenvalue weighted by molar-refractivity contribution is -0.142. The molecule has 0 bridgehead atoms. The number of carboxylic acid groups (broad SMARTS) is 1. The Morgan fingerprint density at radius 1 is 0.960 bits per heavy atom. The molecular formula is C14H27N5O6. The highest BCUT2D eigenvalue weighted by Gasteiger charge is 2.27. The maximum atomic E-state index is 12.0. The number of aliphatic carboxylic acids is 1. The molecule has 144 valence electrons. The van der Waals surface area contributed by atoms with Crippen LogP contribution in [0.5, 0.6) is 0 Å². The Balaban J connectivity index is 4.63. The van der Waals surface area contributed by atoms with E-state index in [-0.39, 0.29) is 12.8 Å². The van der Waals surface area contributed by atoms with Gasteiger partial charge in [0, 0.05) is 6.42 Å². The Hall–Kier alpha value is -2.24. The third kappa shape index (κ3) is 9.59. The highest BCUT2D eigenvalue weighted by atomic mass is 16.4. The Bertz CT molecular complexity index is 473. The lowest BCUT2D eigenvalue weighted by atomic mass is 10.1. The quantitative estimate of drug-likeness (QED) is 0.165. The van der Waals surface area contributed by atoms with Crippen LogP contribution >= 0.6 is 0 Å². The third-order valence-electron chi connectivity index (χ3n) is 3.42. The molecule has 0 aliphatic carbocycles. The normalized spacial score (nSPS) is 14.2. The first kappa shape index (κ1) is 22.8. The summed E-state index contributed by atoms with van der Waals surface area (Å²) < 4.78 is 0. The van der Waals surface area contributed by atoms with Crippen LogP contribution in [0.3, 0.4) is 0 Å². The van der Waals surface area contributed by atoms with Gasteiger partial charge in [0.05, 0.1) is 12.6 Å². The molecule has 0 radical (unpaired) electrons. The van der Waals surface area contributed by atoms with E-state index in [1.807, 2.05) is 0 Å². The predicted octanol–water partition coefficient (Wildman–Crippen LogP) is -3.25. The van der Waals surface area contributed by atoms with Gasteiger partial charge in [0.1, 0.15) is 12.1 Å². The van der Waals surface area contributed by atoms with Gasteiger partial charge in [0.2, 0.25) is 17.7 Å². The first-order valence-electron chi connectivity index (χ1n) is 7.91. The maximum absolute atomic E-state index is 12.0. The molecule has 0 saturated heterocycles. The number of aliphatic hydroxyl groups is 1. The summed E-state index contributed by atoms with van der Waals surface area (Å²) in [5.41, 5.74) is 16.0. The van der Waals surface area contributed by atoms with E-state index < -0.39 is 48.4 Å². The highest BCUT2D eigenvalue weighted by molar-refractivity contribution is 5.92. The van der Waals surface area contributed by atoms with E-state index in [2.05, 4.69) is 10.6 Å².